The topological polar surface area (TPSA) is 0 Å². The third-order valence-electron chi connectivity index (χ3n) is 2.13. The van der Waals surface area contributed by atoms with Gasteiger partial charge in [-0.1, -0.05) is 44.7 Å². The van der Waals surface area contributed by atoms with Crippen LogP contribution in [0.15, 0.2) is 24.8 Å². The maximum absolute atomic E-state index is 3.78. The second kappa shape index (κ2) is 4.10. The third kappa shape index (κ3) is 1.97. The smallest absolute Gasteiger partial charge is 0.0257 e. The van der Waals surface area contributed by atoms with Gasteiger partial charge in [0.15, 0.2) is 0 Å². The van der Waals surface area contributed by atoms with E-state index in [1.165, 1.54) is 16.7 Å². The van der Waals surface area contributed by atoms with Crippen molar-refractivity contribution in [3.63, 3.8) is 0 Å². The van der Waals surface area contributed by atoms with Crippen LogP contribution in [0.3, 0.4) is 0 Å². The Morgan fingerprint density at radius 2 is 1.58 bits per heavy atom. The second-order valence-corrected chi connectivity index (χ2v) is 2.99. The van der Waals surface area contributed by atoms with Gasteiger partial charge < -0.3 is 0 Å². The molecule has 0 aliphatic heterocycles. The number of rotatable bonds is 3. The van der Waals surface area contributed by atoms with E-state index >= 15 is 0 Å². The van der Waals surface area contributed by atoms with Crippen molar-refractivity contribution in [2.24, 2.45) is 0 Å². The van der Waals surface area contributed by atoms with Crippen molar-refractivity contribution in [2.45, 2.75) is 26.7 Å². The van der Waals surface area contributed by atoms with Gasteiger partial charge >= 0.3 is 0 Å². The highest BCUT2D eigenvalue weighted by Gasteiger charge is 1.95. The van der Waals surface area contributed by atoms with Gasteiger partial charge in [0.2, 0.25) is 0 Å². The molecule has 0 nitrogen and oxygen atoms in total. The predicted molar refractivity (Wildman–Crippen MR) is 55.3 cm³/mol. The molecule has 0 N–H and O–H groups in total. The van der Waals surface area contributed by atoms with Gasteiger partial charge in [-0.25, -0.2) is 0 Å². The van der Waals surface area contributed by atoms with E-state index in [2.05, 4.69) is 38.6 Å². The zero-order valence-electron chi connectivity index (χ0n) is 7.93. The fraction of sp³-hybridized carbons (Fsp3) is 0.333. The van der Waals surface area contributed by atoms with Crippen molar-refractivity contribution in [3.8, 4) is 0 Å². The molecule has 0 heterocycles. The monoisotopic (exact) mass is 160 g/mol. The minimum absolute atomic E-state index is 1.11. The first-order valence-electron chi connectivity index (χ1n) is 4.55. The molecular formula is C12H16. The lowest BCUT2D eigenvalue weighted by atomic mass is 10.0. The van der Waals surface area contributed by atoms with Crippen LogP contribution in [-0.4, -0.2) is 0 Å². The van der Waals surface area contributed by atoms with Gasteiger partial charge in [0, 0.05) is 0 Å². The molecule has 0 aromatic heterocycles. The van der Waals surface area contributed by atoms with Crippen LogP contribution in [0, 0.1) is 0 Å². The van der Waals surface area contributed by atoms with Crippen molar-refractivity contribution in [1.82, 2.24) is 0 Å². The largest absolute Gasteiger partial charge is 0.0985 e. The summed E-state index contributed by atoms with van der Waals surface area (Å²) in [6, 6.07) is 6.67. The summed E-state index contributed by atoms with van der Waals surface area (Å²) < 4.78 is 0. The molecule has 0 unspecified atom stereocenters. The summed E-state index contributed by atoms with van der Waals surface area (Å²) >= 11 is 0. The summed E-state index contributed by atoms with van der Waals surface area (Å²) in [4.78, 5) is 0. The molecule has 0 amide bonds. The summed E-state index contributed by atoms with van der Waals surface area (Å²) in [5, 5.41) is 0. The Morgan fingerprint density at radius 3 is 1.92 bits per heavy atom. The average molecular weight is 160 g/mol. The molecule has 0 heteroatoms. The standard InChI is InChI=1S/C12H16/c1-4-10-7-11(5-2)9-12(6-3)8-10/h4,7-9H,1,5-6H2,2-3H3. The third-order valence-corrected chi connectivity index (χ3v) is 2.13. The molecule has 1 aromatic carbocycles. The lowest BCUT2D eigenvalue weighted by Crippen LogP contribution is -1.87. The van der Waals surface area contributed by atoms with E-state index in [1.54, 1.807) is 0 Å². The average Bonchev–Trinajstić information content (AvgIpc) is 2.16. The molecule has 0 fully saturated rings. The van der Waals surface area contributed by atoms with E-state index in [9.17, 15) is 0 Å². The van der Waals surface area contributed by atoms with Gasteiger partial charge in [0.1, 0.15) is 0 Å². The Hall–Kier alpha value is -1.04. The van der Waals surface area contributed by atoms with Crippen molar-refractivity contribution in [3.05, 3.63) is 41.5 Å². The Morgan fingerprint density at radius 1 is 1.08 bits per heavy atom. The normalized spacial score (nSPS) is 9.83. The highest BCUT2D eigenvalue weighted by molar-refractivity contribution is 5.50. The van der Waals surface area contributed by atoms with E-state index in [1.807, 2.05) is 6.08 Å². The first-order chi connectivity index (χ1) is 5.80. The zero-order chi connectivity index (χ0) is 8.97. The van der Waals surface area contributed by atoms with Crippen molar-refractivity contribution in [1.29, 1.82) is 0 Å². The maximum atomic E-state index is 3.78. The summed E-state index contributed by atoms with van der Waals surface area (Å²) in [5.41, 5.74) is 4.06. The molecular weight excluding hydrogens is 144 g/mol. The molecule has 64 valence electrons. The van der Waals surface area contributed by atoms with Crippen LogP contribution in [0.5, 0.6) is 0 Å². The maximum Gasteiger partial charge on any atom is -0.0257 e. The molecule has 1 rings (SSSR count). The Labute approximate surface area is 74.9 Å². The number of hydrogen-bond acceptors (Lipinski definition) is 0. The summed E-state index contributed by atoms with van der Waals surface area (Å²) in [6.45, 7) is 8.15. The van der Waals surface area contributed by atoms with E-state index in [0.29, 0.717) is 0 Å². The Bertz CT molecular complexity index is 249. The zero-order valence-corrected chi connectivity index (χ0v) is 7.93. The van der Waals surface area contributed by atoms with Gasteiger partial charge in [-0.05, 0) is 29.5 Å². The highest BCUT2D eigenvalue weighted by atomic mass is 14.0. The fourth-order valence-corrected chi connectivity index (χ4v) is 1.32. The van der Waals surface area contributed by atoms with Gasteiger partial charge in [0.05, 0.1) is 0 Å². The number of benzene rings is 1. The lowest BCUT2D eigenvalue weighted by molar-refractivity contribution is 1.08. The lowest BCUT2D eigenvalue weighted by Gasteiger charge is -2.03. The molecule has 0 aliphatic rings. The van der Waals surface area contributed by atoms with Gasteiger partial charge in [-0.3, -0.25) is 0 Å². The van der Waals surface area contributed by atoms with E-state index in [-0.39, 0.29) is 0 Å². The molecule has 1 aromatic rings. The van der Waals surface area contributed by atoms with Gasteiger partial charge in [-0.2, -0.15) is 0 Å². The minimum atomic E-state index is 1.11. The Kier molecular flexibility index (Phi) is 3.09. The SMILES string of the molecule is C=Cc1cc(CC)cc(CC)c1. The number of hydrogen-bond donors (Lipinski definition) is 0. The molecule has 0 radical (unpaired) electrons. The van der Waals surface area contributed by atoms with Crippen molar-refractivity contribution in [2.75, 3.05) is 0 Å². The number of aryl methyl sites for hydroxylation is 2. The highest BCUT2D eigenvalue weighted by Crippen LogP contribution is 2.12. The minimum Gasteiger partial charge on any atom is -0.0985 e. The van der Waals surface area contributed by atoms with Crippen LogP contribution in [0.25, 0.3) is 6.08 Å². The summed E-state index contributed by atoms with van der Waals surface area (Å²) in [5.74, 6) is 0. The quantitative estimate of drug-likeness (QED) is 0.635. The fourth-order valence-electron chi connectivity index (χ4n) is 1.32. The second-order valence-electron chi connectivity index (χ2n) is 2.99. The van der Waals surface area contributed by atoms with Crippen molar-refractivity contribution < 1.29 is 0 Å². The Balaban J connectivity index is 3.09. The molecule has 0 saturated heterocycles. The summed E-state index contributed by atoms with van der Waals surface area (Å²) in [7, 11) is 0. The van der Waals surface area contributed by atoms with Crippen LogP contribution in [-0.2, 0) is 12.8 Å². The molecule has 0 atom stereocenters. The van der Waals surface area contributed by atoms with Gasteiger partial charge in [-0.15, -0.1) is 0 Å². The molecule has 12 heavy (non-hydrogen) atoms. The predicted octanol–water partition coefficient (Wildman–Crippen LogP) is 3.45. The van der Waals surface area contributed by atoms with E-state index in [0.717, 1.165) is 12.8 Å². The van der Waals surface area contributed by atoms with E-state index < -0.39 is 0 Å². The van der Waals surface area contributed by atoms with Gasteiger partial charge in [0.25, 0.3) is 0 Å². The van der Waals surface area contributed by atoms with Crippen LogP contribution in [0.4, 0.5) is 0 Å². The van der Waals surface area contributed by atoms with Crippen LogP contribution in [0.2, 0.25) is 0 Å². The van der Waals surface area contributed by atoms with Crippen LogP contribution in [0.1, 0.15) is 30.5 Å². The molecule has 0 aliphatic carbocycles. The molecule has 0 spiro atoms. The first-order valence-corrected chi connectivity index (χ1v) is 4.55. The van der Waals surface area contributed by atoms with E-state index in [4.69, 9.17) is 0 Å². The molecule has 0 bridgehead atoms. The summed E-state index contributed by atoms with van der Waals surface area (Å²) in [6.07, 6.45) is 4.13. The van der Waals surface area contributed by atoms with Crippen molar-refractivity contribution >= 4 is 6.08 Å². The van der Waals surface area contributed by atoms with Crippen LogP contribution >= 0.6 is 0 Å². The first kappa shape index (κ1) is 9.05. The van der Waals surface area contributed by atoms with Crippen LogP contribution < -0.4 is 0 Å². The molecule has 0 saturated carbocycles.